The van der Waals surface area contributed by atoms with Crippen molar-refractivity contribution >= 4 is 6.29 Å². The van der Waals surface area contributed by atoms with E-state index in [1.54, 1.807) is 0 Å². The highest BCUT2D eigenvalue weighted by molar-refractivity contribution is 5.73. The summed E-state index contributed by atoms with van der Waals surface area (Å²) < 4.78 is 0. The van der Waals surface area contributed by atoms with Crippen molar-refractivity contribution in [3.63, 3.8) is 0 Å². The molecule has 0 heterocycles. The summed E-state index contributed by atoms with van der Waals surface area (Å²) in [6, 6.07) is 0. The maximum Gasteiger partial charge on any atom is 0.145 e. The van der Waals surface area contributed by atoms with E-state index in [1.807, 2.05) is 6.08 Å². The molecule has 0 aromatic rings. The van der Waals surface area contributed by atoms with Crippen LogP contribution in [0.4, 0.5) is 0 Å². The minimum Gasteiger partial charge on any atom is -0.298 e. The summed E-state index contributed by atoms with van der Waals surface area (Å²) in [6.45, 7) is 0. The first-order valence-corrected chi connectivity index (χ1v) is 3.72. The van der Waals surface area contributed by atoms with Gasteiger partial charge in [0.05, 0.1) is 0 Å². The lowest BCUT2D eigenvalue weighted by Crippen LogP contribution is -1.86. The predicted molar refractivity (Wildman–Crippen MR) is 41.8 cm³/mol. The SMILES string of the molecule is O=CC1=CCCC=CCC1. The molecular weight excluding hydrogens is 124 g/mol. The first kappa shape index (κ1) is 7.26. The van der Waals surface area contributed by atoms with Crippen molar-refractivity contribution in [2.24, 2.45) is 0 Å². The highest BCUT2D eigenvalue weighted by Crippen LogP contribution is 2.09. The fraction of sp³-hybridized carbons (Fsp3) is 0.444. The van der Waals surface area contributed by atoms with E-state index >= 15 is 0 Å². The van der Waals surface area contributed by atoms with Gasteiger partial charge >= 0.3 is 0 Å². The van der Waals surface area contributed by atoms with E-state index in [9.17, 15) is 4.79 Å². The zero-order valence-corrected chi connectivity index (χ0v) is 6.05. The van der Waals surface area contributed by atoms with Gasteiger partial charge in [-0.3, -0.25) is 4.79 Å². The van der Waals surface area contributed by atoms with E-state index in [0.29, 0.717) is 0 Å². The Kier molecular flexibility index (Phi) is 2.94. The van der Waals surface area contributed by atoms with Crippen LogP contribution in [-0.2, 0) is 4.79 Å². The van der Waals surface area contributed by atoms with Gasteiger partial charge in [0.2, 0.25) is 0 Å². The highest BCUT2D eigenvalue weighted by Gasteiger charge is 1.94. The van der Waals surface area contributed by atoms with E-state index in [1.165, 1.54) is 0 Å². The van der Waals surface area contributed by atoms with Crippen molar-refractivity contribution in [3.05, 3.63) is 23.8 Å². The number of aldehydes is 1. The molecule has 0 fully saturated rings. The Balaban J connectivity index is 2.49. The maximum atomic E-state index is 10.3. The Morgan fingerprint density at radius 1 is 1.20 bits per heavy atom. The van der Waals surface area contributed by atoms with Crippen molar-refractivity contribution < 1.29 is 4.79 Å². The van der Waals surface area contributed by atoms with Crippen LogP contribution in [0.2, 0.25) is 0 Å². The van der Waals surface area contributed by atoms with Gasteiger partial charge in [-0.15, -0.1) is 0 Å². The number of hydrogen-bond acceptors (Lipinski definition) is 1. The van der Waals surface area contributed by atoms with Crippen molar-refractivity contribution in [2.75, 3.05) is 0 Å². The van der Waals surface area contributed by atoms with Gasteiger partial charge < -0.3 is 0 Å². The van der Waals surface area contributed by atoms with E-state index < -0.39 is 0 Å². The molecular formula is C9H12O. The van der Waals surface area contributed by atoms with Gasteiger partial charge in [0.15, 0.2) is 0 Å². The Morgan fingerprint density at radius 3 is 2.80 bits per heavy atom. The van der Waals surface area contributed by atoms with E-state index in [4.69, 9.17) is 0 Å². The maximum absolute atomic E-state index is 10.3. The quantitative estimate of drug-likeness (QED) is 0.399. The second kappa shape index (κ2) is 4.04. The average molecular weight is 136 g/mol. The summed E-state index contributed by atoms with van der Waals surface area (Å²) >= 11 is 0. The fourth-order valence-corrected chi connectivity index (χ4v) is 1.06. The number of rotatable bonds is 1. The molecule has 1 rings (SSSR count). The van der Waals surface area contributed by atoms with E-state index in [-0.39, 0.29) is 0 Å². The Hall–Kier alpha value is -0.850. The molecule has 0 N–H and O–H groups in total. The summed E-state index contributed by atoms with van der Waals surface area (Å²) in [7, 11) is 0. The molecule has 0 saturated carbocycles. The second-order valence-electron chi connectivity index (χ2n) is 2.48. The molecule has 0 amide bonds. The van der Waals surface area contributed by atoms with Gasteiger partial charge in [0.25, 0.3) is 0 Å². The average Bonchev–Trinajstić information content (AvgIpc) is 1.87. The standard InChI is InChI=1S/C9H12O/c10-8-9-6-4-2-1-3-5-7-9/h1-2,7-8H,3-6H2. The Bertz CT molecular complexity index is 166. The highest BCUT2D eigenvalue weighted by atomic mass is 16.1. The number of carbonyl (C=O) groups is 1. The zero-order chi connectivity index (χ0) is 7.23. The van der Waals surface area contributed by atoms with Crippen LogP contribution in [0.1, 0.15) is 25.7 Å². The first-order valence-electron chi connectivity index (χ1n) is 3.72. The fourth-order valence-electron chi connectivity index (χ4n) is 1.06. The third kappa shape index (κ3) is 2.18. The van der Waals surface area contributed by atoms with Crippen LogP contribution < -0.4 is 0 Å². The van der Waals surface area contributed by atoms with Gasteiger partial charge in [-0.2, -0.15) is 0 Å². The van der Waals surface area contributed by atoms with Crippen LogP contribution in [-0.4, -0.2) is 6.29 Å². The van der Waals surface area contributed by atoms with Gasteiger partial charge in [0, 0.05) is 0 Å². The molecule has 1 nitrogen and oxygen atoms in total. The van der Waals surface area contributed by atoms with Crippen LogP contribution in [0, 0.1) is 0 Å². The summed E-state index contributed by atoms with van der Waals surface area (Å²) in [5.41, 5.74) is 0.962. The van der Waals surface area contributed by atoms with Crippen molar-refractivity contribution in [1.82, 2.24) is 0 Å². The topological polar surface area (TPSA) is 17.1 Å². The lowest BCUT2D eigenvalue weighted by Gasteiger charge is -1.99. The van der Waals surface area contributed by atoms with Crippen molar-refractivity contribution in [2.45, 2.75) is 25.7 Å². The smallest absolute Gasteiger partial charge is 0.145 e. The number of hydrogen-bond donors (Lipinski definition) is 0. The van der Waals surface area contributed by atoms with Crippen LogP contribution >= 0.6 is 0 Å². The molecule has 0 aromatic carbocycles. The molecule has 0 bridgehead atoms. The molecule has 1 heteroatoms. The molecule has 0 aliphatic heterocycles. The number of allylic oxidation sites excluding steroid dienone is 4. The Labute approximate surface area is 61.4 Å². The molecule has 0 spiro atoms. The minimum absolute atomic E-state index is 0.917. The summed E-state index contributed by atoms with van der Waals surface area (Å²) in [5.74, 6) is 0. The van der Waals surface area contributed by atoms with Crippen molar-refractivity contribution in [3.8, 4) is 0 Å². The third-order valence-corrected chi connectivity index (χ3v) is 1.66. The van der Waals surface area contributed by atoms with E-state index in [2.05, 4.69) is 12.2 Å². The van der Waals surface area contributed by atoms with Crippen molar-refractivity contribution in [1.29, 1.82) is 0 Å². The van der Waals surface area contributed by atoms with Crippen LogP contribution in [0.25, 0.3) is 0 Å². The molecule has 0 aromatic heterocycles. The second-order valence-corrected chi connectivity index (χ2v) is 2.48. The molecule has 0 atom stereocenters. The summed E-state index contributed by atoms with van der Waals surface area (Å²) in [6.07, 6.45) is 11.4. The van der Waals surface area contributed by atoms with Gasteiger partial charge in [-0.25, -0.2) is 0 Å². The molecule has 0 saturated heterocycles. The lowest BCUT2D eigenvalue weighted by atomic mass is 10.1. The van der Waals surface area contributed by atoms with Crippen LogP contribution in [0.15, 0.2) is 23.8 Å². The minimum atomic E-state index is 0.917. The molecule has 54 valence electrons. The Morgan fingerprint density at radius 2 is 2.00 bits per heavy atom. The lowest BCUT2D eigenvalue weighted by molar-refractivity contribution is -0.105. The molecule has 0 radical (unpaired) electrons. The summed E-state index contributed by atoms with van der Waals surface area (Å²) in [5, 5.41) is 0. The van der Waals surface area contributed by atoms with Crippen LogP contribution in [0.5, 0.6) is 0 Å². The zero-order valence-electron chi connectivity index (χ0n) is 6.05. The number of carbonyl (C=O) groups excluding carboxylic acids is 1. The molecule has 1 aliphatic carbocycles. The molecule has 0 unspecified atom stereocenters. The van der Waals surface area contributed by atoms with Gasteiger partial charge in [-0.05, 0) is 31.3 Å². The summed E-state index contributed by atoms with van der Waals surface area (Å²) in [4.78, 5) is 10.3. The largest absolute Gasteiger partial charge is 0.298 e. The normalized spacial score (nSPS) is 19.0. The predicted octanol–water partition coefficient (Wildman–Crippen LogP) is 2.24. The third-order valence-electron chi connectivity index (χ3n) is 1.66. The van der Waals surface area contributed by atoms with Gasteiger partial charge in [-0.1, -0.05) is 18.2 Å². The molecule has 10 heavy (non-hydrogen) atoms. The van der Waals surface area contributed by atoms with Gasteiger partial charge in [0.1, 0.15) is 6.29 Å². The first-order chi connectivity index (χ1) is 4.93. The monoisotopic (exact) mass is 136 g/mol. The van der Waals surface area contributed by atoms with Crippen LogP contribution in [0.3, 0.4) is 0 Å². The van der Waals surface area contributed by atoms with E-state index in [0.717, 1.165) is 37.5 Å². The molecule has 1 aliphatic rings.